The average Bonchev–Trinajstić information content (AvgIpc) is 2.97. The van der Waals surface area contributed by atoms with Crippen LogP contribution in [0.2, 0.25) is 0 Å². The summed E-state index contributed by atoms with van der Waals surface area (Å²) < 4.78 is 1.28. The number of carboxylic acids is 1. The van der Waals surface area contributed by atoms with Gasteiger partial charge in [0.05, 0.1) is 11.9 Å². The number of anilines is 1. The molecule has 2 N–H and O–H groups in total. The van der Waals surface area contributed by atoms with Crippen LogP contribution in [0.1, 0.15) is 20.3 Å². The molecule has 0 saturated carbocycles. The van der Waals surface area contributed by atoms with E-state index >= 15 is 0 Å². The number of likely N-dealkylation sites (tertiary alicyclic amines) is 1. The first-order chi connectivity index (χ1) is 9.45. The monoisotopic (exact) mass is 280 g/mol. The third-order valence-corrected chi connectivity index (χ3v) is 3.64. The van der Waals surface area contributed by atoms with E-state index in [9.17, 15) is 9.59 Å². The molecule has 1 aliphatic heterocycles. The van der Waals surface area contributed by atoms with Crippen molar-refractivity contribution >= 4 is 17.7 Å². The van der Waals surface area contributed by atoms with Crippen LogP contribution in [0.5, 0.6) is 0 Å². The average molecular weight is 280 g/mol. The summed E-state index contributed by atoms with van der Waals surface area (Å²) in [6.07, 6.45) is 4.00. The predicted molar refractivity (Wildman–Crippen MR) is 73.4 cm³/mol. The molecule has 0 aromatic carbocycles. The summed E-state index contributed by atoms with van der Waals surface area (Å²) in [6, 6.07) is -0.150. The Bertz CT molecular complexity index is 498. The molecule has 0 radical (unpaired) electrons. The van der Waals surface area contributed by atoms with Gasteiger partial charge >= 0.3 is 12.0 Å². The van der Waals surface area contributed by atoms with E-state index in [0.29, 0.717) is 17.5 Å². The Kier molecular flexibility index (Phi) is 4.26. The Morgan fingerprint density at radius 1 is 1.55 bits per heavy atom. The summed E-state index contributed by atoms with van der Waals surface area (Å²) in [6.45, 7) is 5.66. The largest absolute Gasteiger partial charge is 0.480 e. The van der Waals surface area contributed by atoms with Crippen molar-refractivity contribution in [3.05, 3.63) is 12.4 Å². The molecule has 1 saturated heterocycles. The van der Waals surface area contributed by atoms with Gasteiger partial charge in [-0.15, -0.1) is 0 Å². The maximum Gasteiger partial charge on any atom is 0.325 e. The molecule has 20 heavy (non-hydrogen) atoms. The number of aliphatic carboxylic acids is 1. The van der Waals surface area contributed by atoms with Crippen LogP contribution in [0.3, 0.4) is 0 Å². The van der Waals surface area contributed by atoms with Crippen LogP contribution in [-0.4, -0.2) is 44.9 Å². The second-order valence-corrected chi connectivity index (χ2v) is 5.49. The molecule has 2 rings (SSSR count). The number of carbonyl (C=O) groups is 2. The third-order valence-electron chi connectivity index (χ3n) is 3.64. The number of hydrogen-bond donors (Lipinski definition) is 2. The van der Waals surface area contributed by atoms with Gasteiger partial charge in [-0.1, -0.05) is 13.8 Å². The van der Waals surface area contributed by atoms with E-state index in [1.165, 1.54) is 17.1 Å². The van der Waals surface area contributed by atoms with E-state index in [1.807, 2.05) is 0 Å². The lowest BCUT2D eigenvalue weighted by Crippen LogP contribution is -2.33. The molecular formula is C13H20N4O3. The van der Waals surface area contributed by atoms with Crippen LogP contribution < -0.4 is 5.32 Å². The molecule has 1 fully saturated rings. The fourth-order valence-electron chi connectivity index (χ4n) is 2.37. The standard InChI is InChI=1S/C13H20N4O3/c1-9(2)10-3-4-16(6-10)13(20)15-11-5-14-17(7-11)8-12(18)19/h5,7,9-10H,3-4,6,8H2,1-2H3,(H,15,20)(H,18,19). The lowest BCUT2D eigenvalue weighted by Gasteiger charge is -2.18. The third kappa shape index (κ3) is 3.49. The van der Waals surface area contributed by atoms with Crippen molar-refractivity contribution in [2.24, 2.45) is 11.8 Å². The maximum atomic E-state index is 12.1. The summed E-state index contributed by atoms with van der Waals surface area (Å²) in [5.41, 5.74) is 0.518. The van der Waals surface area contributed by atoms with Gasteiger partial charge in [0.1, 0.15) is 6.54 Å². The number of aromatic nitrogens is 2. The number of rotatable bonds is 4. The second kappa shape index (κ2) is 5.94. The number of nitrogens with one attached hydrogen (secondary N) is 1. The number of nitrogens with zero attached hydrogens (tertiary/aromatic N) is 3. The zero-order chi connectivity index (χ0) is 14.7. The molecule has 1 aromatic heterocycles. The Morgan fingerprint density at radius 2 is 2.30 bits per heavy atom. The zero-order valence-electron chi connectivity index (χ0n) is 11.7. The van der Waals surface area contributed by atoms with Crippen molar-refractivity contribution < 1.29 is 14.7 Å². The van der Waals surface area contributed by atoms with Crippen molar-refractivity contribution in [2.45, 2.75) is 26.8 Å². The van der Waals surface area contributed by atoms with E-state index in [2.05, 4.69) is 24.3 Å². The fraction of sp³-hybridized carbons (Fsp3) is 0.615. The van der Waals surface area contributed by atoms with E-state index in [1.54, 1.807) is 4.90 Å². The molecule has 1 aliphatic rings. The van der Waals surface area contributed by atoms with E-state index < -0.39 is 5.97 Å². The minimum Gasteiger partial charge on any atom is -0.480 e. The summed E-state index contributed by atoms with van der Waals surface area (Å²) in [7, 11) is 0. The number of hydrogen-bond acceptors (Lipinski definition) is 3. The number of urea groups is 1. The lowest BCUT2D eigenvalue weighted by atomic mass is 9.95. The first-order valence-corrected chi connectivity index (χ1v) is 6.76. The van der Waals surface area contributed by atoms with Gasteiger partial charge in [0.15, 0.2) is 0 Å². The Labute approximate surface area is 117 Å². The maximum absolute atomic E-state index is 12.1. The summed E-state index contributed by atoms with van der Waals surface area (Å²) in [5, 5.41) is 15.3. The highest BCUT2D eigenvalue weighted by Crippen LogP contribution is 2.24. The molecule has 0 spiro atoms. The molecule has 0 bridgehead atoms. The molecule has 2 amide bonds. The molecule has 2 heterocycles. The van der Waals surface area contributed by atoms with Gasteiger partial charge in [0, 0.05) is 19.3 Å². The smallest absolute Gasteiger partial charge is 0.325 e. The molecule has 7 nitrogen and oxygen atoms in total. The van der Waals surface area contributed by atoms with Crippen LogP contribution in [-0.2, 0) is 11.3 Å². The van der Waals surface area contributed by atoms with Crippen molar-refractivity contribution in [1.82, 2.24) is 14.7 Å². The SMILES string of the molecule is CC(C)C1CCN(C(=O)Nc2cnn(CC(=O)O)c2)C1. The highest BCUT2D eigenvalue weighted by molar-refractivity contribution is 5.89. The molecule has 1 atom stereocenters. The van der Waals surface area contributed by atoms with E-state index in [0.717, 1.165) is 19.5 Å². The highest BCUT2D eigenvalue weighted by atomic mass is 16.4. The van der Waals surface area contributed by atoms with Gasteiger partial charge in [-0.3, -0.25) is 9.48 Å². The first-order valence-electron chi connectivity index (χ1n) is 6.76. The number of carbonyl (C=O) groups excluding carboxylic acids is 1. The Balaban J connectivity index is 1.88. The number of carboxylic acid groups (broad SMARTS) is 1. The van der Waals surface area contributed by atoms with Gasteiger partial charge in [-0.05, 0) is 18.3 Å². The lowest BCUT2D eigenvalue weighted by molar-refractivity contribution is -0.137. The normalized spacial score (nSPS) is 18.6. The van der Waals surface area contributed by atoms with Gasteiger partial charge in [0.25, 0.3) is 0 Å². The van der Waals surface area contributed by atoms with Crippen LogP contribution in [0.25, 0.3) is 0 Å². The Hall–Kier alpha value is -2.05. The fourth-order valence-corrected chi connectivity index (χ4v) is 2.37. The zero-order valence-corrected chi connectivity index (χ0v) is 11.7. The van der Waals surface area contributed by atoms with Crippen molar-refractivity contribution in [3.8, 4) is 0 Å². The van der Waals surface area contributed by atoms with Crippen molar-refractivity contribution in [1.29, 1.82) is 0 Å². The van der Waals surface area contributed by atoms with E-state index in [4.69, 9.17) is 5.11 Å². The highest BCUT2D eigenvalue weighted by Gasteiger charge is 2.28. The van der Waals surface area contributed by atoms with Crippen molar-refractivity contribution in [2.75, 3.05) is 18.4 Å². The molecule has 1 aromatic rings. The number of amides is 2. The molecule has 0 aliphatic carbocycles. The van der Waals surface area contributed by atoms with Crippen LogP contribution in [0.4, 0.5) is 10.5 Å². The van der Waals surface area contributed by atoms with E-state index in [-0.39, 0.29) is 12.6 Å². The Morgan fingerprint density at radius 3 is 2.90 bits per heavy atom. The predicted octanol–water partition coefficient (Wildman–Crippen LogP) is 1.48. The van der Waals surface area contributed by atoms with Gasteiger partial charge in [0.2, 0.25) is 0 Å². The first kappa shape index (κ1) is 14.4. The van der Waals surface area contributed by atoms with Crippen molar-refractivity contribution in [3.63, 3.8) is 0 Å². The molecule has 110 valence electrons. The van der Waals surface area contributed by atoms with Crippen LogP contribution in [0, 0.1) is 11.8 Å². The minimum absolute atomic E-state index is 0.150. The minimum atomic E-state index is -0.967. The molecule has 7 heteroatoms. The quantitative estimate of drug-likeness (QED) is 0.874. The summed E-state index contributed by atoms with van der Waals surface area (Å²) >= 11 is 0. The second-order valence-electron chi connectivity index (χ2n) is 5.49. The van der Waals surface area contributed by atoms with Crippen LogP contribution >= 0.6 is 0 Å². The summed E-state index contributed by atoms with van der Waals surface area (Å²) in [5.74, 6) is 0.159. The topological polar surface area (TPSA) is 87.5 Å². The van der Waals surface area contributed by atoms with Gasteiger partial charge in [-0.2, -0.15) is 5.10 Å². The molecule has 1 unspecified atom stereocenters. The van der Waals surface area contributed by atoms with Gasteiger partial charge < -0.3 is 15.3 Å². The summed E-state index contributed by atoms with van der Waals surface area (Å²) in [4.78, 5) is 24.4. The van der Waals surface area contributed by atoms with Crippen LogP contribution in [0.15, 0.2) is 12.4 Å². The molecular weight excluding hydrogens is 260 g/mol. The van der Waals surface area contributed by atoms with Gasteiger partial charge in [-0.25, -0.2) is 4.79 Å².